The molecule has 2 saturated heterocycles. The number of pyridine rings is 2. The van der Waals surface area contributed by atoms with E-state index >= 15 is 4.39 Å². The lowest BCUT2D eigenvalue weighted by atomic mass is 9.95. The van der Waals surface area contributed by atoms with Crippen molar-refractivity contribution in [3.8, 4) is 17.4 Å². The van der Waals surface area contributed by atoms with Gasteiger partial charge in [-0.15, -0.1) is 0 Å². The number of hydrogen-bond donors (Lipinski definition) is 1. The van der Waals surface area contributed by atoms with E-state index < -0.39 is 40.7 Å². The molecule has 0 aromatic carbocycles. The van der Waals surface area contributed by atoms with E-state index in [-0.39, 0.29) is 34.9 Å². The van der Waals surface area contributed by atoms with Gasteiger partial charge in [-0.2, -0.15) is 23.1 Å². The summed E-state index contributed by atoms with van der Waals surface area (Å²) in [6, 6.07) is 0.915. The number of fused-ring (bicyclic) bond motifs is 3. The number of aryl methyl sites for hydroxylation is 1. The van der Waals surface area contributed by atoms with Crippen molar-refractivity contribution in [3.63, 3.8) is 0 Å². The molecule has 0 bridgehead atoms. The molecule has 15 heteroatoms. The molecule has 43 heavy (non-hydrogen) atoms. The SMILES string of the molecule is Cc1cc(N)nc(-c2ncc3c(N4CCn5ccnc5C4)nc(OCC45CCCN4C[C@H](F)C5)nc3c2F)c1C(F)(F)F. The molecule has 0 radical (unpaired) electrons. The van der Waals surface area contributed by atoms with Gasteiger partial charge in [0.1, 0.15) is 47.1 Å². The van der Waals surface area contributed by atoms with Crippen LogP contribution in [0.15, 0.2) is 24.7 Å². The summed E-state index contributed by atoms with van der Waals surface area (Å²) in [5, 5.41) is 0.188. The third-order valence-corrected chi connectivity index (χ3v) is 8.66. The average Bonchev–Trinajstić information content (AvgIpc) is 3.64. The van der Waals surface area contributed by atoms with Crippen LogP contribution in [0.4, 0.5) is 33.6 Å². The van der Waals surface area contributed by atoms with E-state index in [9.17, 15) is 17.6 Å². The highest BCUT2D eigenvalue weighted by Crippen LogP contribution is 2.42. The fourth-order valence-electron chi connectivity index (χ4n) is 6.72. The molecule has 7 heterocycles. The number of halogens is 5. The standard InChI is InChI=1S/C28H28F5N9O/c1-15-9-18(34)37-23(20(15)28(31,32)33)24-21(30)22-17(11-36-24)25(41-8-7-40-6-4-35-19(40)13-41)39-26(38-22)43-14-27-3-2-5-42(27)12-16(29)10-27/h4,6,9,11,16H,2-3,5,7-8,10,12-14H2,1H3,(H2,34,37)/t16-,27?/m1/s1. The molecule has 2 fully saturated rings. The summed E-state index contributed by atoms with van der Waals surface area (Å²) in [6.45, 7) is 3.83. The molecule has 3 aliphatic rings. The summed E-state index contributed by atoms with van der Waals surface area (Å²) in [6.07, 6.45) is 0.928. The monoisotopic (exact) mass is 601 g/mol. The second-order valence-electron chi connectivity index (χ2n) is 11.4. The van der Waals surface area contributed by atoms with Crippen LogP contribution in [-0.2, 0) is 19.3 Å². The summed E-state index contributed by atoms with van der Waals surface area (Å²) in [7, 11) is 0. The number of nitrogens with zero attached hydrogens (tertiary/aromatic N) is 8. The number of hydrogen-bond acceptors (Lipinski definition) is 9. The van der Waals surface area contributed by atoms with E-state index in [1.165, 1.54) is 13.1 Å². The Kier molecular flexibility index (Phi) is 6.41. The van der Waals surface area contributed by atoms with Crippen LogP contribution in [0.1, 0.15) is 36.2 Å². The Balaban J connectivity index is 1.35. The summed E-state index contributed by atoms with van der Waals surface area (Å²) in [5.41, 5.74) is 2.27. The van der Waals surface area contributed by atoms with Gasteiger partial charge < -0.3 is 19.9 Å². The molecule has 10 nitrogen and oxygen atoms in total. The van der Waals surface area contributed by atoms with Crippen molar-refractivity contribution >= 4 is 22.5 Å². The number of rotatable bonds is 5. The molecular formula is C28H28F5N9O. The van der Waals surface area contributed by atoms with Gasteiger partial charge in [-0.25, -0.2) is 18.7 Å². The van der Waals surface area contributed by atoms with Crippen LogP contribution in [0.2, 0.25) is 0 Å². The third kappa shape index (κ3) is 4.69. The fourth-order valence-corrected chi connectivity index (χ4v) is 6.72. The summed E-state index contributed by atoms with van der Waals surface area (Å²) < 4.78 is 81.1. The van der Waals surface area contributed by atoms with Crippen LogP contribution in [0.5, 0.6) is 6.01 Å². The Hall–Kier alpha value is -4.14. The van der Waals surface area contributed by atoms with Crippen LogP contribution in [-0.4, -0.2) is 72.3 Å². The number of ether oxygens (including phenoxy) is 1. The van der Waals surface area contributed by atoms with Gasteiger partial charge in [-0.3, -0.25) is 9.88 Å². The minimum Gasteiger partial charge on any atom is -0.461 e. The van der Waals surface area contributed by atoms with Crippen LogP contribution in [0.25, 0.3) is 22.3 Å². The minimum absolute atomic E-state index is 0.0938. The van der Waals surface area contributed by atoms with Crippen molar-refractivity contribution in [2.45, 2.75) is 57.2 Å². The van der Waals surface area contributed by atoms with Crippen molar-refractivity contribution < 1.29 is 26.7 Å². The topological polar surface area (TPSA) is 111 Å². The lowest BCUT2D eigenvalue weighted by Gasteiger charge is -2.31. The number of imidazole rings is 1. The summed E-state index contributed by atoms with van der Waals surface area (Å²) in [4.78, 5) is 25.2. The van der Waals surface area contributed by atoms with E-state index in [4.69, 9.17) is 10.5 Å². The Morgan fingerprint density at radius 1 is 1.12 bits per heavy atom. The van der Waals surface area contributed by atoms with Crippen molar-refractivity contribution in [2.24, 2.45) is 0 Å². The highest BCUT2D eigenvalue weighted by molar-refractivity contribution is 5.92. The number of alkyl halides is 4. The summed E-state index contributed by atoms with van der Waals surface area (Å²) in [5.74, 6) is -0.255. The molecule has 0 saturated carbocycles. The maximum atomic E-state index is 16.4. The minimum atomic E-state index is -4.84. The van der Waals surface area contributed by atoms with E-state index in [0.29, 0.717) is 38.4 Å². The molecule has 0 amide bonds. The van der Waals surface area contributed by atoms with Gasteiger partial charge in [0.15, 0.2) is 5.82 Å². The first-order valence-corrected chi connectivity index (χ1v) is 14.0. The second kappa shape index (κ2) is 9.96. The van der Waals surface area contributed by atoms with Crippen LogP contribution < -0.4 is 15.4 Å². The molecule has 2 atom stereocenters. The Labute approximate surface area is 242 Å². The van der Waals surface area contributed by atoms with E-state index in [2.05, 4.69) is 29.8 Å². The van der Waals surface area contributed by atoms with Gasteiger partial charge in [0.25, 0.3) is 0 Å². The maximum Gasteiger partial charge on any atom is 0.418 e. The smallest absolute Gasteiger partial charge is 0.418 e. The zero-order valence-corrected chi connectivity index (χ0v) is 23.2. The fraction of sp³-hybridized carbons (Fsp3) is 0.464. The Bertz CT molecular complexity index is 1730. The number of anilines is 2. The number of aromatic nitrogens is 6. The predicted octanol–water partition coefficient (Wildman–Crippen LogP) is 4.31. The molecular weight excluding hydrogens is 573 g/mol. The molecule has 3 aliphatic heterocycles. The molecule has 0 spiro atoms. The van der Waals surface area contributed by atoms with Crippen LogP contribution in [0.3, 0.4) is 0 Å². The quantitative estimate of drug-likeness (QED) is 0.335. The predicted molar refractivity (Wildman–Crippen MR) is 146 cm³/mol. The normalized spacial score (nSPS) is 22.3. The molecule has 226 valence electrons. The van der Waals surface area contributed by atoms with Gasteiger partial charge in [-0.05, 0) is 37.9 Å². The molecule has 0 aliphatic carbocycles. The Morgan fingerprint density at radius 2 is 1.95 bits per heavy atom. The highest BCUT2D eigenvalue weighted by atomic mass is 19.4. The zero-order chi connectivity index (χ0) is 30.1. The molecule has 4 aromatic heterocycles. The first-order valence-electron chi connectivity index (χ1n) is 14.0. The van der Waals surface area contributed by atoms with E-state index in [1.807, 2.05) is 15.7 Å². The van der Waals surface area contributed by atoms with E-state index in [1.54, 1.807) is 6.20 Å². The highest BCUT2D eigenvalue weighted by Gasteiger charge is 2.49. The maximum absolute atomic E-state index is 16.4. The van der Waals surface area contributed by atoms with Gasteiger partial charge in [0, 0.05) is 44.6 Å². The van der Waals surface area contributed by atoms with Gasteiger partial charge in [-0.1, -0.05) is 0 Å². The lowest BCUT2D eigenvalue weighted by molar-refractivity contribution is -0.137. The lowest BCUT2D eigenvalue weighted by Crippen LogP contribution is -2.43. The molecule has 7 rings (SSSR count). The van der Waals surface area contributed by atoms with Gasteiger partial charge in [0.05, 0.1) is 23.0 Å². The number of nitrogen functional groups attached to an aromatic ring is 1. The van der Waals surface area contributed by atoms with Crippen LogP contribution in [0, 0.1) is 12.7 Å². The van der Waals surface area contributed by atoms with Gasteiger partial charge >= 0.3 is 12.2 Å². The molecule has 2 N–H and O–H groups in total. The van der Waals surface area contributed by atoms with Crippen molar-refractivity contribution in [1.29, 1.82) is 0 Å². The molecule has 4 aromatic rings. The van der Waals surface area contributed by atoms with E-state index in [0.717, 1.165) is 31.3 Å². The first kappa shape index (κ1) is 27.7. The average molecular weight is 602 g/mol. The Morgan fingerprint density at radius 3 is 2.77 bits per heavy atom. The zero-order valence-electron chi connectivity index (χ0n) is 23.2. The third-order valence-electron chi connectivity index (χ3n) is 8.66. The largest absolute Gasteiger partial charge is 0.461 e. The van der Waals surface area contributed by atoms with Crippen molar-refractivity contribution in [3.05, 3.63) is 47.4 Å². The molecule has 1 unspecified atom stereocenters. The van der Waals surface area contributed by atoms with Crippen LogP contribution >= 0.6 is 0 Å². The first-order chi connectivity index (χ1) is 20.5. The van der Waals surface area contributed by atoms with Gasteiger partial charge in [0.2, 0.25) is 0 Å². The number of nitrogens with two attached hydrogens (primary N) is 1. The van der Waals surface area contributed by atoms with Crippen molar-refractivity contribution in [2.75, 3.05) is 36.9 Å². The second-order valence-corrected chi connectivity index (χ2v) is 11.4. The summed E-state index contributed by atoms with van der Waals surface area (Å²) >= 11 is 0. The van der Waals surface area contributed by atoms with Crippen molar-refractivity contribution in [1.82, 2.24) is 34.4 Å².